The molecule has 0 radical (unpaired) electrons. The predicted octanol–water partition coefficient (Wildman–Crippen LogP) is 2.56. The van der Waals surface area contributed by atoms with Crippen molar-refractivity contribution in [3.63, 3.8) is 0 Å². The van der Waals surface area contributed by atoms with E-state index in [0.29, 0.717) is 0 Å². The number of nitrogens with one attached hydrogen (secondary N) is 1. The fourth-order valence-electron chi connectivity index (χ4n) is 2.12. The van der Waals surface area contributed by atoms with E-state index in [4.69, 9.17) is 5.73 Å². The first-order valence-electron chi connectivity index (χ1n) is 6.44. The van der Waals surface area contributed by atoms with Crippen molar-refractivity contribution in [3.05, 3.63) is 59.9 Å². The van der Waals surface area contributed by atoms with Crippen LogP contribution >= 0.6 is 0 Å². The van der Waals surface area contributed by atoms with E-state index in [1.165, 1.54) is 30.3 Å². The second-order valence-electron chi connectivity index (χ2n) is 4.59. The fourth-order valence-corrected chi connectivity index (χ4v) is 2.12. The highest BCUT2D eigenvalue weighted by Crippen LogP contribution is 2.29. The molecule has 0 aliphatic rings. The molecule has 3 N–H and O–H groups in total. The van der Waals surface area contributed by atoms with Crippen LogP contribution in [0.15, 0.2) is 42.6 Å². The molecular weight excluding hydrogens is 276 g/mol. The molecule has 0 aliphatic heterocycles. The molecule has 0 aliphatic carbocycles. The number of para-hydroxylation sites is 1. The van der Waals surface area contributed by atoms with Gasteiger partial charge in [0.15, 0.2) is 5.54 Å². The monoisotopic (exact) mass is 291 g/mol. The SMILES string of the molecule is CCC(Nc1ccccc1F)(C(N)=O)c1ccc(F)cn1. The van der Waals surface area contributed by atoms with E-state index in [0.717, 1.165) is 6.20 Å². The maximum Gasteiger partial charge on any atom is 0.249 e. The van der Waals surface area contributed by atoms with Crippen LogP contribution in [-0.4, -0.2) is 10.9 Å². The zero-order chi connectivity index (χ0) is 15.5. The van der Waals surface area contributed by atoms with Crippen molar-refractivity contribution >= 4 is 11.6 Å². The maximum absolute atomic E-state index is 13.8. The quantitative estimate of drug-likeness (QED) is 0.889. The maximum atomic E-state index is 13.8. The smallest absolute Gasteiger partial charge is 0.249 e. The molecule has 0 spiro atoms. The lowest BCUT2D eigenvalue weighted by molar-refractivity contribution is -0.122. The Hall–Kier alpha value is -2.50. The van der Waals surface area contributed by atoms with E-state index in [9.17, 15) is 13.6 Å². The average molecular weight is 291 g/mol. The summed E-state index contributed by atoms with van der Waals surface area (Å²) in [4.78, 5) is 15.9. The summed E-state index contributed by atoms with van der Waals surface area (Å²) in [5, 5.41) is 2.81. The number of hydrogen-bond donors (Lipinski definition) is 2. The zero-order valence-electron chi connectivity index (χ0n) is 11.4. The van der Waals surface area contributed by atoms with Gasteiger partial charge in [0.25, 0.3) is 0 Å². The van der Waals surface area contributed by atoms with Crippen LogP contribution in [0.4, 0.5) is 14.5 Å². The summed E-state index contributed by atoms with van der Waals surface area (Å²) >= 11 is 0. The van der Waals surface area contributed by atoms with Crippen molar-refractivity contribution in [3.8, 4) is 0 Å². The van der Waals surface area contributed by atoms with Crippen molar-refractivity contribution in [2.24, 2.45) is 5.73 Å². The molecule has 1 aromatic heterocycles. The molecule has 2 rings (SSSR count). The second kappa shape index (κ2) is 5.87. The number of amides is 1. The number of aromatic nitrogens is 1. The Bertz CT molecular complexity index is 646. The Kier molecular flexibility index (Phi) is 4.16. The van der Waals surface area contributed by atoms with Crippen molar-refractivity contribution in [1.82, 2.24) is 4.98 Å². The first-order valence-corrected chi connectivity index (χ1v) is 6.44. The van der Waals surface area contributed by atoms with Gasteiger partial charge in [0.1, 0.15) is 11.6 Å². The summed E-state index contributed by atoms with van der Waals surface area (Å²) in [6, 6.07) is 8.46. The molecule has 2 aromatic rings. The molecule has 0 saturated heterocycles. The van der Waals surface area contributed by atoms with Gasteiger partial charge in [0.2, 0.25) is 5.91 Å². The van der Waals surface area contributed by atoms with E-state index < -0.39 is 23.1 Å². The third kappa shape index (κ3) is 2.84. The molecule has 1 heterocycles. The molecular formula is C15H15F2N3O. The third-order valence-corrected chi connectivity index (χ3v) is 3.34. The number of pyridine rings is 1. The summed E-state index contributed by atoms with van der Waals surface area (Å²) in [5.74, 6) is -1.76. The standard InChI is InChI=1S/C15H15F2N3O/c1-2-15(14(18)21,13-8-7-10(16)9-19-13)20-12-6-4-3-5-11(12)17/h3-9,20H,2H2,1H3,(H2,18,21). The van der Waals surface area contributed by atoms with E-state index in [-0.39, 0.29) is 17.8 Å². The summed E-state index contributed by atoms with van der Waals surface area (Å²) < 4.78 is 26.8. The molecule has 0 saturated carbocycles. The fraction of sp³-hybridized carbons (Fsp3) is 0.200. The minimum Gasteiger partial charge on any atom is -0.367 e. The van der Waals surface area contributed by atoms with Gasteiger partial charge in [-0.2, -0.15) is 0 Å². The highest BCUT2D eigenvalue weighted by molar-refractivity contribution is 5.88. The van der Waals surface area contributed by atoms with Gasteiger partial charge in [-0.3, -0.25) is 9.78 Å². The normalized spacial score (nSPS) is 13.5. The zero-order valence-corrected chi connectivity index (χ0v) is 11.4. The Morgan fingerprint density at radius 2 is 2.00 bits per heavy atom. The number of anilines is 1. The Morgan fingerprint density at radius 3 is 2.52 bits per heavy atom. The first-order chi connectivity index (χ1) is 9.99. The lowest BCUT2D eigenvalue weighted by Crippen LogP contribution is -2.48. The second-order valence-corrected chi connectivity index (χ2v) is 4.59. The van der Waals surface area contributed by atoms with Crippen LogP contribution in [0.5, 0.6) is 0 Å². The summed E-state index contributed by atoms with van der Waals surface area (Å²) in [7, 11) is 0. The van der Waals surface area contributed by atoms with E-state index in [2.05, 4.69) is 10.3 Å². The number of hydrogen-bond acceptors (Lipinski definition) is 3. The van der Waals surface area contributed by atoms with Gasteiger partial charge in [0.05, 0.1) is 17.6 Å². The van der Waals surface area contributed by atoms with Gasteiger partial charge in [-0.1, -0.05) is 19.1 Å². The largest absolute Gasteiger partial charge is 0.367 e. The molecule has 4 nitrogen and oxygen atoms in total. The predicted molar refractivity (Wildman–Crippen MR) is 75.4 cm³/mol. The number of halogens is 2. The minimum atomic E-state index is -1.41. The highest BCUT2D eigenvalue weighted by Gasteiger charge is 2.38. The topological polar surface area (TPSA) is 68.0 Å². The van der Waals surface area contributed by atoms with Crippen LogP contribution < -0.4 is 11.1 Å². The van der Waals surface area contributed by atoms with Crippen LogP contribution in [0.2, 0.25) is 0 Å². The number of primary amides is 1. The minimum absolute atomic E-state index is 0.129. The Balaban J connectivity index is 2.50. The summed E-state index contributed by atoms with van der Waals surface area (Å²) in [5.41, 5.74) is 4.45. The molecule has 110 valence electrons. The summed E-state index contributed by atoms with van der Waals surface area (Å²) in [6.07, 6.45) is 1.22. The van der Waals surface area contributed by atoms with Crippen molar-refractivity contribution in [2.75, 3.05) is 5.32 Å². The van der Waals surface area contributed by atoms with Crippen molar-refractivity contribution < 1.29 is 13.6 Å². The number of carbonyl (C=O) groups is 1. The van der Waals surface area contributed by atoms with Crippen molar-refractivity contribution in [2.45, 2.75) is 18.9 Å². The van der Waals surface area contributed by atoms with Gasteiger partial charge in [-0.25, -0.2) is 8.78 Å². The van der Waals surface area contributed by atoms with Crippen LogP contribution in [-0.2, 0) is 10.3 Å². The van der Waals surface area contributed by atoms with Crippen LogP contribution in [0.3, 0.4) is 0 Å². The van der Waals surface area contributed by atoms with Gasteiger partial charge >= 0.3 is 0 Å². The number of nitrogens with zero attached hydrogens (tertiary/aromatic N) is 1. The molecule has 0 bridgehead atoms. The number of carbonyl (C=O) groups excluding carboxylic acids is 1. The molecule has 1 atom stereocenters. The molecule has 0 fully saturated rings. The lowest BCUT2D eigenvalue weighted by Gasteiger charge is -2.31. The Morgan fingerprint density at radius 1 is 1.29 bits per heavy atom. The van der Waals surface area contributed by atoms with Gasteiger partial charge < -0.3 is 11.1 Å². The van der Waals surface area contributed by atoms with Crippen LogP contribution in [0.25, 0.3) is 0 Å². The van der Waals surface area contributed by atoms with Gasteiger partial charge in [0, 0.05) is 0 Å². The molecule has 1 amide bonds. The number of benzene rings is 1. The molecule has 21 heavy (non-hydrogen) atoms. The van der Waals surface area contributed by atoms with E-state index >= 15 is 0 Å². The van der Waals surface area contributed by atoms with Crippen LogP contribution in [0.1, 0.15) is 19.0 Å². The Labute approximate surface area is 121 Å². The highest BCUT2D eigenvalue weighted by atomic mass is 19.1. The molecule has 1 unspecified atom stereocenters. The molecule has 1 aromatic carbocycles. The van der Waals surface area contributed by atoms with E-state index in [1.807, 2.05) is 0 Å². The lowest BCUT2D eigenvalue weighted by atomic mass is 9.90. The van der Waals surface area contributed by atoms with E-state index in [1.54, 1.807) is 13.0 Å². The first kappa shape index (κ1) is 14.9. The average Bonchev–Trinajstić information content (AvgIpc) is 2.47. The number of rotatable bonds is 5. The van der Waals surface area contributed by atoms with Crippen molar-refractivity contribution in [1.29, 1.82) is 0 Å². The van der Waals surface area contributed by atoms with Gasteiger partial charge in [-0.15, -0.1) is 0 Å². The van der Waals surface area contributed by atoms with Crippen LogP contribution in [0, 0.1) is 11.6 Å². The van der Waals surface area contributed by atoms with Gasteiger partial charge in [-0.05, 0) is 30.7 Å². The molecule has 6 heteroatoms. The number of nitrogens with two attached hydrogens (primary N) is 1. The summed E-state index contributed by atoms with van der Waals surface area (Å²) in [6.45, 7) is 1.71. The third-order valence-electron chi connectivity index (χ3n) is 3.34.